The summed E-state index contributed by atoms with van der Waals surface area (Å²) in [6.07, 6.45) is 3.55. The van der Waals surface area contributed by atoms with E-state index in [1.54, 1.807) is 10.7 Å². The number of fused-ring (bicyclic) bond motifs is 2. The lowest BCUT2D eigenvalue weighted by Crippen LogP contribution is -2.34. The molecule has 4 aromatic rings. The minimum Gasteiger partial charge on any atom is -0.340 e. The molecule has 2 atom stereocenters. The van der Waals surface area contributed by atoms with Crippen LogP contribution in [-0.4, -0.2) is 61.6 Å². The Morgan fingerprint density at radius 1 is 0.939 bits per heavy atom. The molecule has 0 unspecified atom stereocenters. The van der Waals surface area contributed by atoms with E-state index in [1.165, 1.54) is 0 Å². The third kappa shape index (κ3) is 3.42. The van der Waals surface area contributed by atoms with Crippen molar-refractivity contribution >= 4 is 17.5 Å². The summed E-state index contributed by atoms with van der Waals surface area (Å²) in [5.41, 5.74) is 4.76. The van der Waals surface area contributed by atoms with Crippen LogP contribution in [-0.2, 0) is 0 Å². The van der Waals surface area contributed by atoms with E-state index in [9.17, 15) is 4.79 Å². The number of hydrogen-bond donors (Lipinski definition) is 0. The van der Waals surface area contributed by atoms with E-state index in [4.69, 9.17) is 5.10 Å². The fraction of sp³-hybridized carbons (Fsp3) is 0.320. The Kier molecular flexibility index (Phi) is 4.60. The topological polar surface area (TPSA) is 79.5 Å². The average molecular weight is 440 g/mol. The number of anilines is 1. The van der Waals surface area contributed by atoms with Crippen LogP contribution in [0, 0.1) is 25.7 Å². The molecule has 0 N–H and O–H groups in total. The Morgan fingerprint density at radius 3 is 2.33 bits per heavy atom. The molecule has 0 aliphatic carbocycles. The second-order valence-corrected chi connectivity index (χ2v) is 9.06. The number of carbonyl (C=O) groups is 1. The molecule has 1 aromatic carbocycles. The van der Waals surface area contributed by atoms with Crippen LogP contribution in [0.2, 0.25) is 0 Å². The first kappa shape index (κ1) is 19.8. The number of aryl methyl sites for hydroxylation is 2. The maximum atomic E-state index is 13.8. The number of likely N-dealkylation sites (tertiary alicyclic amines) is 1. The Morgan fingerprint density at radius 2 is 1.64 bits per heavy atom. The van der Waals surface area contributed by atoms with Crippen molar-refractivity contribution in [2.45, 2.75) is 13.8 Å². The molecule has 0 bridgehead atoms. The number of nitrogens with zero attached hydrogens (tertiary/aromatic N) is 7. The molecule has 5 heterocycles. The molecule has 0 spiro atoms. The fourth-order valence-electron chi connectivity index (χ4n) is 5.21. The monoisotopic (exact) mass is 439 g/mol. The Bertz CT molecular complexity index is 1320. The predicted octanol–water partition coefficient (Wildman–Crippen LogP) is 3.01. The zero-order valence-electron chi connectivity index (χ0n) is 18.7. The maximum absolute atomic E-state index is 13.8. The van der Waals surface area contributed by atoms with Crippen LogP contribution >= 0.6 is 0 Å². The molecule has 2 fully saturated rings. The van der Waals surface area contributed by atoms with Crippen molar-refractivity contribution in [3.05, 3.63) is 71.8 Å². The number of amides is 1. The molecule has 8 heteroatoms. The first-order chi connectivity index (χ1) is 16.1. The second-order valence-electron chi connectivity index (χ2n) is 9.06. The van der Waals surface area contributed by atoms with Gasteiger partial charge in [0.2, 0.25) is 5.95 Å². The van der Waals surface area contributed by atoms with Gasteiger partial charge in [0.25, 0.3) is 5.91 Å². The number of aromatic nitrogens is 5. The van der Waals surface area contributed by atoms with Gasteiger partial charge in [0.1, 0.15) is 11.3 Å². The zero-order valence-corrected chi connectivity index (χ0v) is 18.7. The zero-order chi connectivity index (χ0) is 22.5. The number of rotatable bonds is 3. The van der Waals surface area contributed by atoms with Crippen LogP contribution in [0.4, 0.5) is 5.95 Å². The highest BCUT2D eigenvalue weighted by atomic mass is 16.2. The van der Waals surface area contributed by atoms with Gasteiger partial charge in [-0.1, -0.05) is 30.3 Å². The standard InChI is InChI=1S/C25H25N7O/c1-16-11-17(2)28-25(27-16)31-14-19-12-30(13-20(19)15-31)24(33)21-22(18-7-4-3-5-8-18)29-32-10-6-9-26-23(21)32/h3-11,19-20H,12-15H2,1-2H3/t19-,20+. The van der Waals surface area contributed by atoms with E-state index in [1.807, 2.05) is 67.4 Å². The second kappa shape index (κ2) is 7.65. The molecule has 3 aromatic heterocycles. The van der Waals surface area contributed by atoms with Gasteiger partial charge in [-0.25, -0.2) is 19.5 Å². The predicted molar refractivity (Wildman–Crippen MR) is 125 cm³/mol. The van der Waals surface area contributed by atoms with E-state index in [2.05, 4.69) is 19.9 Å². The van der Waals surface area contributed by atoms with Gasteiger partial charge in [-0.15, -0.1) is 0 Å². The van der Waals surface area contributed by atoms with E-state index in [-0.39, 0.29) is 5.91 Å². The van der Waals surface area contributed by atoms with Gasteiger partial charge in [0, 0.05) is 67.4 Å². The van der Waals surface area contributed by atoms with Crippen molar-refractivity contribution in [2.75, 3.05) is 31.1 Å². The minimum atomic E-state index is 0.00570. The SMILES string of the molecule is Cc1cc(C)nc(N2C[C@H]3CN(C(=O)c4c(-c5ccccc5)nn5cccnc45)C[C@H]3C2)n1. The highest BCUT2D eigenvalue weighted by molar-refractivity contribution is 6.05. The third-order valence-corrected chi connectivity index (χ3v) is 6.68. The molecule has 2 aliphatic heterocycles. The van der Waals surface area contributed by atoms with E-state index in [0.717, 1.165) is 49.1 Å². The number of hydrogen-bond acceptors (Lipinski definition) is 6. The summed E-state index contributed by atoms with van der Waals surface area (Å²) >= 11 is 0. The molecule has 8 nitrogen and oxygen atoms in total. The third-order valence-electron chi connectivity index (χ3n) is 6.68. The molecule has 0 radical (unpaired) electrons. The molecular weight excluding hydrogens is 414 g/mol. The van der Waals surface area contributed by atoms with Crippen LogP contribution in [0.3, 0.4) is 0 Å². The average Bonchev–Trinajstić information content (AvgIpc) is 3.50. The largest absolute Gasteiger partial charge is 0.340 e. The molecule has 6 rings (SSSR count). The minimum absolute atomic E-state index is 0.00570. The summed E-state index contributed by atoms with van der Waals surface area (Å²) in [7, 11) is 0. The summed E-state index contributed by atoms with van der Waals surface area (Å²) in [4.78, 5) is 31.8. The van der Waals surface area contributed by atoms with Gasteiger partial charge in [-0.3, -0.25) is 4.79 Å². The summed E-state index contributed by atoms with van der Waals surface area (Å²) in [6, 6.07) is 13.7. The van der Waals surface area contributed by atoms with Crippen molar-refractivity contribution in [3.8, 4) is 11.3 Å². The van der Waals surface area contributed by atoms with Crippen LogP contribution in [0.5, 0.6) is 0 Å². The van der Waals surface area contributed by atoms with Crippen molar-refractivity contribution in [1.82, 2.24) is 29.5 Å². The van der Waals surface area contributed by atoms with Crippen LogP contribution in [0.15, 0.2) is 54.9 Å². The van der Waals surface area contributed by atoms with E-state index < -0.39 is 0 Å². The van der Waals surface area contributed by atoms with Crippen LogP contribution in [0.25, 0.3) is 16.9 Å². The summed E-state index contributed by atoms with van der Waals surface area (Å²) in [5, 5.41) is 4.70. The lowest BCUT2D eigenvalue weighted by molar-refractivity contribution is 0.0785. The lowest BCUT2D eigenvalue weighted by atomic mass is 10.0. The van der Waals surface area contributed by atoms with E-state index in [0.29, 0.717) is 28.7 Å². The Hall–Kier alpha value is -3.81. The molecule has 2 saturated heterocycles. The summed E-state index contributed by atoms with van der Waals surface area (Å²) < 4.78 is 1.70. The van der Waals surface area contributed by atoms with Gasteiger partial charge < -0.3 is 9.80 Å². The van der Waals surface area contributed by atoms with Gasteiger partial charge in [-0.05, 0) is 26.0 Å². The first-order valence-electron chi connectivity index (χ1n) is 11.3. The molecule has 0 saturated carbocycles. The molecule has 33 heavy (non-hydrogen) atoms. The molecule has 1 amide bonds. The van der Waals surface area contributed by atoms with E-state index >= 15 is 0 Å². The van der Waals surface area contributed by atoms with Gasteiger partial charge >= 0.3 is 0 Å². The molecular formula is C25H25N7O. The Labute approximate surface area is 191 Å². The quantitative estimate of drug-likeness (QED) is 0.488. The van der Waals surface area contributed by atoms with Crippen molar-refractivity contribution in [1.29, 1.82) is 0 Å². The van der Waals surface area contributed by atoms with Gasteiger partial charge in [0.05, 0.1) is 0 Å². The molecule has 2 aliphatic rings. The fourth-order valence-corrected chi connectivity index (χ4v) is 5.21. The van der Waals surface area contributed by atoms with Gasteiger partial charge in [-0.2, -0.15) is 5.10 Å². The first-order valence-corrected chi connectivity index (χ1v) is 11.3. The maximum Gasteiger partial charge on any atom is 0.260 e. The number of carbonyl (C=O) groups excluding carboxylic acids is 1. The van der Waals surface area contributed by atoms with Crippen molar-refractivity contribution in [2.24, 2.45) is 11.8 Å². The Balaban J connectivity index is 1.27. The van der Waals surface area contributed by atoms with Crippen LogP contribution < -0.4 is 4.90 Å². The smallest absolute Gasteiger partial charge is 0.260 e. The highest BCUT2D eigenvalue weighted by Gasteiger charge is 2.43. The summed E-state index contributed by atoms with van der Waals surface area (Å²) in [5.74, 6) is 1.63. The lowest BCUT2D eigenvalue weighted by Gasteiger charge is -2.22. The van der Waals surface area contributed by atoms with Crippen molar-refractivity contribution < 1.29 is 4.79 Å². The van der Waals surface area contributed by atoms with Gasteiger partial charge in [0.15, 0.2) is 5.65 Å². The number of benzene rings is 1. The van der Waals surface area contributed by atoms with Crippen LogP contribution in [0.1, 0.15) is 21.7 Å². The molecule has 166 valence electrons. The van der Waals surface area contributed by atoms with Crippen molar-refractivity contribution in [3.63, 3.8) is 0 Å². The highest BCUT2D eigenvalue weighted by Crippen LogP contribution is 2.35. The normalized spacial score (nSPS) is 19.9. The summed E-state index contributed by atoms with van der Waals surface area (Å²) in [6.45, 7) is 7.20.